The summed E-state index contributed by atoms with van der Waals surface area (Å²) in [6.07, 6.45) is 14.2. The van der Waals surface area contributed by atoms with E-state index in [1.54, 1.807) is 6.07 Å². The van der Waals surface area contributed by atoms with Crippen LogP contribution in [0.5, 0.6) is 11.5 Å². The Kier molecular flexibility index (Phi) is 14.7. The van der Waals surface area contributed by atoms with E-state index >= 15 is 0 Å². The van der Waals surface area contributed by atoms with E-state index in [0.29, 0.717) is 24.3 Å². The molecule has 0 radical (unpaired) electrons. The van der Waals surface area contributed by atoms with E-state index in [9.17, 15) is 9.59 Å². The summed E-state index contributed by atoms with van der Waals surface area (Å²) in [7, 11) is 0. The maximum Gasteiger partial charge on any atom is 0.311 e. The summed E-state index contributed by atoms with van der Waals surface area (Å²) in [6.45, 7) is 8.48. The molecule has 0 fully saturated rings. The van der Waals surface area contributed by atoms with E-state index in [0.717, 1.165) is 44.1 Å². The zero-order chi connectivity index (χ0) is 22.9. The number of ether oxygens (including phenoxy) is 2. The minimum absolute atomic E-state index is 0.161. The molecule has 0 heterocycles. The molecule has 0 unspecified atom stereocenters. The normalized spacial score (nSPS) is 11.0. The predicted octanol–water partition coefficient (Wildman–Crippen LogP) is 8.12. The molecule has 0 atom stereocenters. The van der Waals surface area contributed by atoms with Crippen molar-refractivity contribution in [2.75, 3.05) is 0 Å². The number of esters is 2. The van der Waals surface area contributed by atoms with Crippen molar-refractivity contribution in [3.8, 4) is 11.5 Å². The average molecular weight is 433 g/mol. The largest absolute Gasteiger partial charge is 0.423 e. The number of rotatable bonds is 17. The van der Waals surface area contributed by atoms with Crippen LogP contribution in [0.2, 0.25) is 0 Å². The highest BCUT2D eigenvalue weighted by atomic mass is 16.6. The van der Waals surface area contributed by atoms with Gasteiger partial charge < -0.3 is 9.47 Å². The second kappa shape index (κ2) is 16.8. The van der Waals surface area contributed by atoms with Crippen LogP contribution in [0.15, 0.2) is 18.2 Å². The lowest BCUT2D eigenvalue weighted by Gasteiger charge is -2.16. The van der Waals surface area contributed by atoms with Crippen LogP contribution in [0.25, 0.3) is 0 Å². The molecule has 0 amide bonds. The first-order valence-electron chi connectivity index (χ1n) is 12.5. The molecule has 0 aliphatic heterocycles. The highest BCUT2D eigenvalue weighted by Gasteiger charge is 2.19. The highest BCUT2D eigenvalue weighted by molar-refractivity contribution is 5.77. The fourth-order valence-corrected chi connectivity index (χ4v) is 3.61. The van der Waals surface area contributed by atoms with Crippen LogP contribution in [0.1, 0.15) is 129 Å². The Balaban J connectivity index is 2.61. The Morgan fingerprint density at radius 2 is 1.19 bits per heavy atom. The topological polar surface area (TPSA) is 52.6 Å². The molecule has 4 nitrogen and oxygen atoms in total. The van der Waals surface area contributed by atoms with Crippen molar-refractivity contribution in [1.82, 2.24) is 0 Å². The molecule has 0 saturated carbocycles. The van der Waals surface area contributed by atoms with Gasteiger partial charge in [0.15, 0.2) is 11.5 Å². The number of hydrogen-bond acceptors (Lipinski definition) is 4. The Bertz CT molecular complexity index is 636. The van der Waals surface area contributed by atoms with E-state index in [-0.39, 0.29) is 17.9 Å². The summed E-state index contributed by atoms with van der Waals surface area (Å²) >= 11 is 0. The molecule has 1 rings (SSSR count). The van der Waals surface area contributed by atoms with E-state index < -0.39 is 0 Å². The zero-order valence-electron chi connectivity index (χ0n) is 20.3. The second-order valence-corrected chi connectivity index (χ2v) is 8.81. The van der Waals surface area contributed by atoms with Gasteiger partial charge in [0.25, 0.3) is 0 Å². The third kappa shape index (κ3) is 11.9. The summed E-state index contributed by atoms with van der Waals surface area (Å²) in [5.41, 5.74) is 0.890. The minimum atomic E-state index is -0.260. The Labute approximate surface area is 190 Å². The number of carbonyl (C=O) groups excluding carboxylic acids is 2. The third-order valence-corrected chi connectivity index (χ3v) is 5.54. The summed E-state index contributed by atoms with van der Waals surface area (Å²) in [5, 5.41) is 0. The van der Waals surface area contributed by atoms with Gasteiger partial charge >= 0.3 is 11.9 Å². The van der Waals surface area contributed by atoms with Crippen molar-refractivity contribution >= 4 is 11.9 Å². The van der Waals surface area contributed by atoms with Gasteiger partial charge in [-0.2, -0.15) is 0 Å². The van der Waals surface area contributed by atoms with Crippen LogP contribution in [0, 0.1) is 0 Å². The van der Waals surface area contributed by atoms with Crippen LogP contribution >= 0.6 is 0 Å². The molecular formula is C27H44O4. The number of carbonyl (C=O) groups is 2. The molecule has 4 heteroatoms. The second-order valence-electron chi connectivity index (χ2n) is 8.81. The molecule has 0 aliphatic carbocycles. The van der Waals surface area contributed by atoms with Crippen molar-refractivity contribution in [2.24, 2.45) is 0 Å². The maximum atomic E-state index is 12.4. The van der Waals surface area contributed by atoms with Gasteiger partial charge in [-0.1, -0.05) is 104 Å². The van der Waals surface area contributed by atoms with E-state index in [4.69, 9.17) is 9.47 Å². The van der Waals surface area contributed by atoms with Gasteiger partial charge in [-0.05, 0) is 24.8 Å². The van der Waals surface area contributed by atoms with Crippen molar-refractivity contribution in [2.45, 2.75) is 124 Å². The smallest absolute Gasteiger partial charge is 0.311 e. The molecule has 0 bridgehead atoms. The monoisotopic (exact) mass is 432 g/mol. The Morgan fingerprint density at radius 3 is 1.71 bits per heavy atom. The first-order valence-corrected chi connectivity index (χ1v) is 12.5. The molecule has 1 aromatic carbocycles. The van der Waals surface area contributed by atoms with Crippen molar-refractivity contribution in [1.29, 1.82) is 0 Å². The van der Waals surface area contributed by atoms with Crippen LogP contribution < -0.4 is 9.47 Å². The Hall–Kier alpha value is -1.84. The number of unbranched alkanes of at least 4 members (excludes halogenated alkanes) is 10. The SMILES string of the molecule is CCCCCCCCC(=O)Oc1cccc(C(C)C)c1OC(=O)CCCCCCCC. The van der Waals surface area contributed by atoms with Crippen molar-refractivity contribution in [3.63, 3.8) is 0 Å². The lowest BCUT2D eigenvalue weighted by molar-refractivity contribution is -0.137. The van der Waals surface area contributed by atoms with Crippen molar-refractivity contribution in [3.05, 3.63) is 23.8 Å². The summed E-state index contributed by atoms with van der Waals surface area (Å²) in [5.74, 6) is 0.416. The third-order valence-electron chi connectivity index (χ3n) is 5.54. The van der Waals surface area contributed by atoms with Gasteiger partial charge in [0.2, 0.25) is 0 Å². The van der Waals surface area contributed by atoms with Crippen LogP contribution in [-0.4, -0.2) is 11.9 Å². The molecule has 1 aromatic rings. The van der Waals surface area contributed by atoms with Crippen LogP contribution in [0.4, 0.5) is 0 Å². The fraction of sp³-hybridized carbons (Fsp3) is 0.704. The molecule has 31 heavy (non-hydrogen) atoms. The molecule has 0 spiro atoms. The van der Waals surface area contributed by atoms with E-state index in [2.05, 4.69) is 13.8 Å². The standard InChI is InChI=1S/C27H44O4/c1-5-7-9-11-13-15-20-25(28)30-24-19-17-18-23(22(3)4)27(24)31-26(29)21-16-14-12-10-8-6-2/h17-19,22H,5-16,20-21H2,1-4H3. The molecule has 176 valence electrons. The van der Waals surface area contributed by atoms with Gasteiger partial charge in [-0.3, -0.25) is 9.59 Å². The zero-order valence-corrected chi connectivity index (χ0v) is 20.3. The maximum absolute atomic E-state index is 12.4. The summed E-state index contributed by atoms with van der Waals surface area (Å²) in [4.78, 5) is 24.8. The summed E-state index contributed by atoms with van der Waals surface area (Å²) in [6, 6.07) is 5.51. The Morgan fingerprint density at radius 1 is 0.710 bits per heavy atom. The van der Waals surface area contributed by atoms with Gasteiger partial charge in [-0.15, -0.1) is 0 Å². The summed E-state index contributed by atoms with van der Waals surface area (Å²) < 4.78 is 11.3. The molecular weight excluding hydrogens is 388 g/mol. The molecule has 0 aromatic heterocycles. The number of para-hydroxylation sites is 1. The predicted molar refractivity (Wildman–Crippen MR) is 128 cm³/mol. The first-order chi connectivity index (χ1) is 15.0. The van der Waals surface area contributed by atoms with Crippen molar-refractivity contribution < 1.29 is 19.1 Å². The van der Waals surface area contributed by atoms with Gasteiger partial charge in [0, 0.05) is 18.4 Å². The van der Waals surface area contributed by atoms with Crippen LogP contribution in [-0.2, 0) is 9.59 Å². The lowest BCUT2D eigenvalue weighted by Crippen LogP contribution is -2.13. The van der Waals surface area contributed by atoms with E-state index in [1.807, 2.05) is 26.0 Å². The van der Waals surface area contributed by atoms with Gasteiger partial charge in [0.05, 0.1) is 0 Å². The average Bonchev–Trinajstić information content (AvgIpc) is 2.74. The van der Waals surface area contributed by atoms with E-state index in [1.165, 1.54) is 38.5 Å². The van der Waals surface area contributed by atoms with Gasteiger partial charge in [0.1, 0.15) is 0 Å². The molecule has 0 N–H and O–H groups in total. The minimum Gasteiger partial charge on any atom is -0.423 e. The molecule has 0 aliphatic rings. The van der Waals surface area contributed by atoms with Gasteiger partial charge in [-0.25, -0.2) is 0 Å². The lowest BCUT2D eigenvalue weighted by atomic mass is 10.0. The molecule has 0 saturated heterocycles. The highest BCUT2D eigenvalue weighted by Crippen LogP contribution is 2.36. The quantitative estimate of drug-likeness (QED) is 0.142. The number of benzene rings is 1. The first kappa shape index (κ1) is 27.2. The van der Waals surface area contributed by atoms with Crippen LogP contribution in [0.3, 0.4) is 0 Å². The number of hydrogen-bond donors (Lipinski definition) is 0. The fourth-order valence-electron chi connectivity index (χ4n) is 3.61.